The zero-order valence-electron chi connectivity index (χ0n) is 18.6. The molecule has 0 aliphatic carbocycles. The molecule has 0 unspecified atom stereocenters. The second-order valence-electron chi connectivity index (χ2n) is 8.38. The minimum Gasteiger partial charge on any atom is -0.399 e. The first-order valence-electron chi connectivity index (χ1n) is 11.1. The lowest BCUT2D eigenvalue weighted by molar-refractivity contribution is -0.119. The van der Waals surface area contributed by atoms with Crippen LogP contribution in [0.1, 0.15) is 29.6 Å². The average molecular weight is 452 g/mol. The summed E-state index contributed by atoms with van der Waals surface area (Å²) in [5, 5.41) is 5.67. The summed E-state index contributed by atoms with van der Waals surface area (Å²) in [5.74, 6) is -0.296. The Hall–Kier alpha value is -3.59. The number of nitrogens with two attached hydrogens (primary N) is 1. The van der Waals surface area contributed by atoms with Gasteiger partial charge in [0.1, 0.15) is 6.04 Å². The van der Waals surface area contributed by atoms with Crippen molar-refractivity contribution in [2.75, 3.05) is 43.1 Å². The van der Waals surface area contributed by atoms with E-state index in [1.54, 1.807) is 55.6 Å². The van der Waals surface area contributed by atoms with Crippen LogP contribution in [0.2, 0.25) is 0 Å². The summed E-state index contributed by atoms with van der Waals surface area (Å²) in [6.45, 7) is 1.88. The maximum atomic E-state index is 13.0. The van der Waals surface area contributed by atoms with Crippen LogP contribution in [-0.4, -0.2) is 66.5 Å². The highest BCUT2D eigenvalue weighted by Crippen LogP contribution is 2.24. The zero-order valence-corrected chi connectivity index (χ0v) is 18.6. The molecule has 33 heavy (non-hydrogen) atoms. The molecule has 2 aromatic carbocycles. The van der Waals surface area contributed by atoms with E-state index in [0.29, 0.717) is 35.6 Å². The quantitative estimate of drug-likeness (QED) is 0.605. The predicted octanol–water partition coefficient (Wildman–Crippen LogP) is 2.76. The summed E-state index contributed by atoms with van der Waals surface area (Å²) in [6, 6.07) is 12.6. The fourth-order valence-electron chi connectivity index (χ4n) is 4.23. The Morgan fingerprint density at radius 1 is 0.939 bits per heavy atom. The maximum absolute atomic E-state index is 13.0. The number of urea groups is 1. The number of amides is 4. The largest absolute Gasteiger partial charge is 0.399 e. The first kappa shape index (κ1) is 22.6. The van der Waals surface area contributed by atoms with E-state index in [1.165, 1.54) is 4.90 Å². The number of benzene rings is 2. The van der Waals surface area contributed by atoms with E-state index in [9.17, 15) is 14.4 Å². The molecule has 0 spiro atoms. The monoisotopic (exact) mass is 451 g/mol. The smallest absolute Gasteiger partial charge is 0.322 e. The van der Waals surface area contributed by atoms with Crippen LogP contribution in [0, 0.1) is 0 Å². The number of nitrogens with zero attached hydrogens (tertiary/aromatic N) is 2. The Balaban J connectivity index is 1.41. The highest BCUT2D eigenvalue weighted by Gasteiger charge is 2.40. The van der Waals surface area contributed by atoms with Crippen LogP contribution in [-0.2, 0) is 9.53 Å². The molecule has 2 fully saturated rings. The molecule has 0 bridgehead atoms. The van der Waals surface area contributed by atoms with Crippen molar-refractivity contribution in [3.63, 3.8) is 0 Å². The molecule has 9 heteroatoms. The Labute approximate surface area is 192 Å². The lowest BCUT2D eigenvalue weighted by Gasteiger charge is -2.24. The highest BCUT2D eigenvalue weighted by atomic mass is 16.5. The van der Waals surface area contributed by atoms with Crippen LogP contribution in [0.4, 0.5) is 21.9 Å². The first-order valence-corrected chi connectivity index (χ1v) is 11.1. The number of carbonyl (C=O) groups excluding carboxylic acids is 3. The Morgan fingerprint density at radius 2 is 1.55 bits per heavy atom. The minimum atomic E-state index is -0.686. The molecule has 2 aromatic rings. The standard InChI is InChI=1S/C24H29N5O4/c1-33-20-14-21(29(15-20)24(32)27-19-10-6-17(25)7-11-19)22(30)26-18-8-4-16(5-9-18)23(31)28-12-2-3-13-28/h4-11,20-21H,2-3,12-15,25H2,1H3,(H,26,30)(H,27,32)/t20-,21-/m1/s1. The molecule has 0 radical (unpaired) electrons. The van der Waals surface area contributed by atoms with E-state index in [2.05, 4.69) is 10.6 Å². The van der Waals surface area contributed by atoms with Crippen LogP contribution in [0.3, 0.4) is 0 Å². The van der Waals surface area contributed by atoms with E-state index < -0.39 is 6.04 Å². The Morgan fingerprint density at radius 3 is 2.18 bits per heavy atom. The minimum absolute atomic E-state index is 0.00891. The number of nitrogen functional groups attached to an aromatic ring is 1. The molecule has 174 valence electrons. The van der Waals surface area contributed by atoms with Gasteiger partial charge in [-0.1, -0.05) is 0 Å². The van der Waals surface area contributed by atoms with Gasteiger partial charge >= 0.3 is 6.03 Å². The van der Waals surface area contributed by atoms with Crippen molar-refractivity contribution in [1.82, 2.24) is 9.80 Å². The van der Waals surface area contributed by atoms with Crippen LogP contribution < -0.4 is 16.4 Å². The number of anilines is 3. The summed E-state index contributed by atoms with van der Waals surface area (Å²) in [5.41, 5.74) is 8.05. The Bertz CT molecular complexity index is 1000. The molecule has 4 rings (SSSR count). The number of ether oxygens (including phenoxy) is 1. The number of nitrogens with one attached hydrogen (secondary N) is 2. The lowest BCUT2D eigenvalue weighted by atomic mass is 10.1. The van der Waals surface area contributed by atoms with Gasteiger partial charge < -0.3 is 30.9 Å². The van der Waals surface area contributed by atoms with Crippen molar-refractivity contribution in [2.24, 2.45) is 0 Å². The number of likely N-dealkylation sites (tertiary alicyclic amines) is 2. The number of methoxy groups -OCH3 is 1. The van der Waals surface area contributed by atoms with E-state index in [1.807, 2.05) is 4.90 Å². The van der Waals surface area contributed by atoms with E-state index >= 15 is 0 Å². The molecular weight excluding hydrogens is 422 g/mol. The van der Waals surface area contributed by atoms with Crippen LogP contribution in [0.15, 0.2) is 48.5 Å². The summed E-state index contributed by atoms with van der Waals surface area (Å²) < 4.78 is 5.42. The maximum Gasteiger partial charge on any atom is 0.322 e. The summed E-state index contributed by atoms with van der Waals surface area (Å²) >= 11 is 0. The zero-order chi connectivity index (χ0) is 23.4. The van der Waals surface area contributed by atoms with Crippen molar-refractivity contribution >= 4 is 34.9 Å². The molecule has 0 aromatic heterocycles. The molecule has 0 saturated carbocycles. The van der Waals surface area contributed by atoms with Gasteiger partial charge in [0.25, 0.3) is 5.91 Å². The molecule has 2 heterocycles. The molecule has 2 aliphatic heterocycles. The molecule has 4 amide bonds. The third-order valence-corrected chi connectivity index (χ3v) is 6.11. The number of rotatable bonds is 5. The highest BCUT2D eigenvalue weighted by molar-refractivity contribution is 6.00. The van der Waals surface area contributed by atoms with Gasteiger partial charge in [-0.25, -0.2) is 4.79 Å². The third kappa shape index (κ3) is 5.25. The van der Waals surface area contributed by atoms with Gasteiger partial charge in [0.15, 0.2) is 0 Å². The summed E-state index contributed by atoms with van der Waals surface area (Å²) in [4.78, 5) is 41.7. The molecule has 2 saturated heterocycles. The topological polar surface area (TPSA) is 117 Å². The fourth-order valence-corrected chi connectivity index (χ4v) is 4.23. The number of hydrogen-bond acceptors (Lipinski definition) is 5. The van der Waals surface area contributed by atoms with Crippen molar-refractivity contribution in [2.45, 2.75) is 31.4 Å². The summed E-state index contributed by atoms with van der Waals surface area (Å²) in [7, 11) is 1.57. The van der Waals surface area contributed by atoms with Crippen molar-refractivity contribution in [3.05, 3.63) is 54.1 Å². The Kier molecular flexibility index (Phi) is 6.79. The van der Waals surface area contributed by atoms with Crippen LogP contribution in [0.5, 0.6) is 0 Å². The van der Waals surface area contributed by atoms with Gasteiger partial charge in [0.05, 0.1) is 6.10 Å². The third-order valence-electron chi connectivity index (χ3n) is 6.11. The second kappa shape index (κ2) is 9.91. The van der Waals surface area contributed by atoms with E-state index in [-0.39, 0.29) is 23.9 Å². The predicted molar refractivity (Wildman–Crippen MR) is 126 cm³/mol. The lowest BCUT2D eigenvalue weighted by Crippen LogP contribution is -2.45. The first-order chi connectivity index (χ1) is 15.9. The van der Waals surface area contributed by atoms with Gasteiger partial charge in [-0.15, -0.1) is 0 Å². The van der Waals surface area contributed by atoms with E-state index in [0.717, 1.165) is 25.9 Å². The molecule has 2 aliphatic rings. The molecular formula is C24H29N5O4. The fraction of sp³-hybridized carbons (Fsp3) is 0.375. The van der Waals surface area contributed by atoms with Gasteiger partial charge in [-0.05, 0) is 61.4 Å². The van der Waals surface area contributed by atoms with Gasteiger partial charge in [-0.3, -0.25) is 9.59 Å². The van der Waals surface area contributed by atoms with Gasteiger partial charge in [0.2, 0.25) is 5.91 Å². The number of hydrogen-bond donors (Lipinski definition) is 3. The van der Waals surface area contributed by atoms with Crippen molar-refractivity contribution in [1.29, 1.82) is 0 Å². The SMILES string of the molecule is CO[C@@H]1C[C@H](C(=O)Nc2ccc(C(=O)N3CCCC3)cc2)N(C(=O)Nc2ccc(N)cc2)C1. The van der Waals surface area contributed by atoms with E-state index in [4.69, 9.17) is 10.5 Å². The molecule has 4 N–H and O–H groups in total. The van der Waals surface area contributed by atoms with Crippen molar-refractivity contribution in [3.8, 4) is 0 Å². The molecule has 9 nitrogen and oxygen atoms in total. The summed E-state index contributed by atoms with van der Waals surface area (Å²) in [6.07, 6.45) is 2.22. The average Bonchev–Trinajstić information content (AvgIpc) is 3.51. The second-order valence-corrected chi connectivity index (χ2v) is 8.38. The van der Waals surface area contributed by atoms with Crippen LogP contribution in [0.25, 0.3) is 0 Å². The van der Waals surface area contributed by atoms with Gasteiger partial charge in [0, 0.05) is 55.8 Å². The van der Waals surface area contributed by atoms with Crippen LogP contribution >= 0.6 is 0 Å². The van der Waals surface area contributed by atoms with Crippen molar-refractivity contribution < 1.29 is 19.1 Å². The van der Waals surface area contributed by atoms with Gasteiger partial charge in [-0.2, -0.15) is 0 Å². The number of carbonyl (C=O) groups is 3. The molecule has 2 atom stereocenters. The normalized spacial score (nSPS) is 20.0.